The molecule has 0 saturated heterocycles. The lowest BCUT2D eigenvalue weighted by atomic mass is 9.89. The number of aliphatic carboxylic acids is 1. The lowest BCUT2D eigenvalue weighted by molar-refractivity contribution is -0.137. The van der Waals surface area contributed by atoms with Crippen molar-refractivity contribution in [3.63, 3.8) is 0 Å². The van der Waals surface area contributed by atoms with E-state index in [1.54, 1.807) is 0 Å². The minimum atomic E-state index is -2.25. The van der Waals surface area contributed by atoms with Gasteiger partial charge in [0, 0.05) is 12.3 Å². The molecule has 1 aliphatic carbocycles. The monoisotopic (exact) mass is 420 g/mol. The van der Waals surface area contributed by atoms with E-state index in [4.69, 9.17) is 5.11 Å². The van der Waals surface area contributed by atoms with Gasteiger partial charge < -0.3 is 10.2 Å². The van der Waals surface area contributed by atoms with E-state index in [9.17, 15) is 36.6 Å². The number of hydrogen-bond acceptors (Lipinski definition) is 3. The summed E-state index contributed by atoms with van der Waals surface area (Å²) in [4.78, 5) is 22.6. The second-order valence-electron chi connectivity index (χ2n) is 7.11. The zero-order valence-electron chi connectivity index (χ0n) is 15.4. The van der Waals surface area contributed by atoms with Crippen LogP contribution in [0.2, 0.25) is 0 Å². The van der Waals surface area contributed by atoms with Crippen molar-refractivity contribution in [3.05, 3.63) is 40.7 Å². The molecule has 1 fully saturated rings. The number of hydrogen-bond donors (Lipinski definition) is 2. The summed E-state index contributed by atoms with van der Waals surface area (Å²) >= 11 is 0. The van der Waals surface area contributed by atoms with Gasteiger partial charge in [0.15, 0.2) is 29.1 Å². The number of ketones is 1. The number of Topliss-reactive ketones (excluding diaryl/α,β-unsaturated/α-hetero) is 1. The van der Waals surface area contributed by atoms with Crippen molar-refractivity contribution in [1.29, 1.82) is 0 Å². The Hall–Kier alpha value is -2.29. The summed E-state index contributed by atoms with van der Waals surface area (Å²) in [7, 11) is 0. The Morgan fingerprint density at radius 3 is 2.07 bits per heavy atom. The average Bonchev–Trinajstić information content (AvgIpc) is 2.94. The van der Waals surface area contributed by atoms with Gasteiger partial charge in [-0.25, -0.2) is 22.0 Å². The van der Waals surface area contributed by atoms with Crippen molar-refractivity contribution >= 4 is 17.8 Å². The largest absolute Gasteiger partial charge is 0.481 e. The number of carboxylic acids is 1. The molecule has 0 radical (unpaired) electrons. The zero-order chi connectivity index (χ0) is 21.7. The quantitative estimate of drug-likeness (QED) is 0.269. The number of unbranched alkanes of at least 4 members (excludes halogenated alkanes) is 3. The SMILES string of the molecule is O=C(O)CCCCCCC1C(=O)C(O)CC1/C=C/c1c(F)c(F)c(F)c(F)c1F. The first-order chi connectivity index (χ1) is 13.6. The van der Waals surface area contributed by atoms with Crippen LogP contribution in [0.5, 0.6) is 0 Å². The number of allylic oxidation sites excluding steroid dienone is 1. The molecule has 0 heterocycles. The van der Waals surface area contributed by atoms with Crippen LogP contribution in [-0.4, -0.2) is 28.1 Å². The van der Waals surface area contributed by atoms with Crippen LogP contribution in [0, 0.1) is 40.9 Å². The Labute approximate surface area is 164 Å². The lowest BCUT2D eigenvalue weighted by Crippen LogP contribution is -2.19. The van der Waals surface area contributed by atoms with Crippen LogP contribution in [0.3, 0.4) is 0 Å². The van der Waals surface area contributed by atoms with Crippen LogP contribution in [-0.2, 0) is 9.59 Å². The third-order valence-corrected chi connectivity index (χ3v) is 5.12. The number of halogens is 5. The molecule has 3 atom stereocenters. The van der Waals surface area contributed by atoms with E-state index in [1.165, 1.54) is 6.08 Å². The molecule has 0 aromatic heterocycles. The molecular weight excluding hydrogens is 399 g/mol. The highest BCUT2D eigenvalue weighted by molar-refractivity contribution is 5.88. The molecule has 3 unspecified atom stereocenters. The van der Waals surface area contributed by atoms with Gasteiger partial charge in [0.05, 0.1) is 5.56 Å². The minimum absolute atomic E-state index is 0.00554. The topological polar surface area (TPSA) is 74.6 Å². The molecule has 0 bridgehead atoms. The number of carboxylic acid groups (broad SMARTS) is 1. The number of aliphatic hydroxyl groups is 1. The third-order valence-electron chi connectivity index (χ3n) is 5.12. The molecule has 9 heteroatoms. The van der Waals surface area contributed by atoms with Gasteiger partial charge >= 0.3 is 5.97 Å². The Balaban J connectivity index is 2.07. The molecule has 160 valence electrons. The number of rotatable bonds is 9. The molecule has 2 N–H and O–H groups in total. The normalized spacial score (nSPS) is 22.0. The molecule has 0 amide bonds. The zero-order valence-corrected chi connectivity index (χ0v) is 15.4. The van der Waals surface area contributed by atoms with E-state index in [2.05, 4.69) is 0 Å². The maximum Gasteiger partial charge on any atom is 0.303 e. The summed E-state index contributed by atoms with van der Waals surface area (Å²) in [6.45, 7) is 0. The van der Waals surface area contributed by atoms with Crippen LogP contribution in [0.15, 0.2) is 6.08 Å². The van der Waals surface area contributed by atoms with E-state index in [-0.39, 0.29) is 12.8 Å². The summed E-state index contributed by atoms with van der Waals surface area (Å²) in [5.41, 5.74) is -1.09. The van der Waals surface area contributed by atoms with E-state index >= 15 is 0 Å². The van der Waals surface area contributed by atoms with Gasteiger partial charge in [-0.05, 0) is 25.2 Å². The van der Waals surface area contributed by atoms with Crippen molar-refractivity contribution < 1.29 is 41.8 Å². The fraction of sp³-hybridized carbons (Fsp3) is 0.500. The standard InChI is InChI=1S/C20H21F5O4/c21-15-12(16(22)18(24)19(25)17(15)23)8-7-10-9-13(26)20(29)11(10)5-3-1-2-4-6-14(27)28/h7-8,10-11,13,26H,1-6,9H2,(H,27,28)/b8-7+. The van der Waals surface area contributed by atoms with Gasteiger partial charge in [0.2, 0.25) is 5.82 Å². The van der Waals surface area contributed by atoms with Crippen molar-refractivity contribution in [3.8, 4) is 0 Å². The minimum Gasteiger partial charge on any atom is -0.481 e. The maximum absolute atomic E-state index is 13.8. The highest BCUT2D eigenvalue weighted by Crippen LogP contribution is 2.35. The van der Waals surface area contributed by atoms with Crippen LogP contribution < -0.4 is 0 Å². The molecule has 4 nitrogen and oxygen atoms in total. The van der Waals surface area contributed by atoms with Crippen molar-refractivity contribution in [2.45, 2.75) is 51.0 Å². The molecular formula is C20H21F5O4. The summed E-state index contributed by atoms with van der Waals surface area (Å²) < 4.78 is 67.3. The molecule has 0 aliphatic heterocycles. The molecule has 1 aliphatic rings. The first kappa shape index (κ1) is 23.0. The summed E-state index contributed by atoms with van der Waals surface area (Å²) in [6, 6.07) is 0. The Morgan fingerprint density at radius 2 is 1.48 bits per heavy atom. The molecule has 29 heavy (non-hydrogen) atoms. The maximum atomic E-state index is 13.8. The molecule has 1 saturated carbocycles. The van der Waals surface area contributed by atoms with Gasteiger partial charge in [0.1, 0.15) is 6.10 Å². The lowest BCUT2D eigenvalue weighted by Gasteiger charge is -2.14. The highest BCUT2D eigenvalue weighted by atomic mass is 19.2. The van der Waals surface area contributed by atoms with Crippen LogP contribution in [0.1, 0.15) is 50.5 Å². The first-order valence-electron chi connectivity index (χ1n) is 9.28. The number of benzene rings is 1. The molecule has 2 rings (SSSR count). The van der Waals surface area contributed by atoms with Gasteiger partial charge in [-0.2, -0.15) is 0 Å². The molecule has 0 spiro atoms. The molecule has 1 aromatic rings. The number of aliphatic hydroxyl groups excluding tert-OH is 1. The van der Waals surface area contributed by atoms with Gasteiger partial charge in [-0.15, -0.1) is 0 Å². The van der Waals surface area contributed by atoms with E-state index in [0.29, 0.717) is 32.1 Å². The fourth-order valence-electron chi connectivity index (χ4n) is 3.55. The van der Waals surface area contributed by atoms with Gasteiger partial charge in [-0.3, -0.25) is 9.59 Å². The number of carbonyl (C=O) groups excluding carboxylic acids is 1. The predicted molar refractivity (Wildman–Crippen MR) is 93.2 cm³/mol. The Bertz CT molecular complexity index is 780. The van der Waals surface area contributed by atoms with Crippen molar-refractivity contribution in [2.75, 3.05) is 0 Å². The van der Waals surface area contributed by atoms with Crippen LogP contribution >= 0.6 is 0 Å². The predicted octanol–water partition coefficient (Wildman–Crippen LogP) is 4.39. The van der Waals surface area contributed by atoms with Gasteiger partial charge in [-0.1, -0.05) is 31.4 Å². The van der Waals surface area contributed by atoms with E-state index < -0.39 is 64.3 Å². The van der Waals surface area contributed by atoms with Crippen molar-refractivity contribution in [2.24, 2.45) is 11.8 Å². The second-order valence-corrected chi connectivity index (χ2v) is 7.11. The average molecular weight is 420 g/mol. The number of carbonyl (C=O) groups is 2. The smallest absolute Gasteiger partial charge is 0.303 e. The summed E-state index contributed by atoms with van der Waals surface area (Å²) in [5, 5.41) is 18.4. The van der Waals surface area contributed by atoms with Crippen LogP contribution in [0.4, 0.5) is 22.0 Å². The fourth-order valence-corrected chi connectivity index (χ4v) is 3.55. The molecule has 1 aromatic carbocycles. The Kier molecular flexibility index (Phi) is 7.89. The van der Waals surface area contributed by atoms with Gasteiger partial charge in [0.25, 0.3) is 0 Å². The first-order valence-corrected chi connectivity index (χ1v) is 9.28. The van der Waals surface area contributed by atoms with E-state index in [0.717, 1.165) is 6.08 Å². The Morgan fingerprint density at radius 1 is 0.931 bits per heavy atom. The van der Waals surface area contributed by atoms with E-state index in [1.807, 2.05) is 0 Å². The second kappa shape index (κ2) is 9.96. The summed E-state index contributed by atoms with van der Waals surface area (Å²) in [5.74, 6) is -12.8. The van der Waals surface area contributed by atoms with Crippen LogP contribution in [0.25, 0.3) is 6.08 Å². The highest BCUT2D eigenvalue weighted by Gasteiger charge is 2.39. The summed E-state index contributed by atoms with van der Waals surface area (Å²) in [6.07, 6.45) is 3.52. The van der Waals surface area contributed by atoms with Crippen molar-refractivity contribution in [1.82, 2.24) is 0 Å². The third kappa shape index (κ3) is 5.41.